The molecular formula is C18H23N3O3. The molecule has 3 rings (SSSR count). The maximum atomic E-state index is 12.0. The number of furan rings is 1. The van der Waals surface area contributed by atoms with Crippen molar-refractivity contribution < 1.29 is 13.9 Å². The first-order valence-corrected chi connectivity index (χ1v) is 8.09. The van der Waals surface area contributed by atoms with Crippen LogP contribution in [0.15, 0.2) is 47.1 Å². The topological polar surface area (TPSA) is 66.7 Å². The number of likely N-dealkylation sites (N-methyl/N-ethyl adjacent to an activating group) is 1. The van der Waals surface area contributed by atoms with Gasteiger partial charge in [-0.2, -0.15) is 0 Å². The average Bonchev–Trinajstić information content (AvgIpc) is 3.22. The van der Waals surface area contributed by atoms with Gasteiger partial charge in [-0.25, -0.2) is 4.79 Å². The third-order valence-electron chi connectivity index (χ3n) is 4.16. The number of fused-ring (bicyclic) bond motifs is 1. The first-order valence-electron chi connectivity index (χ1n) is 8.09. The summed E-state index contributed by atoms with van der Waals surface area (Å²) in [6, 6.07) is 11.5. The van der Waals surface area contributed by atoms with E-state index in [2.05, 4.69) is 16.7 Å². The van der Waals surface area contributed by atoms with Gasteiger partial charge in [-0.1, -0.05) is 18.2 Å². The zero-order valence-corrected chi connectivity index (χ0v) is 14.0. The number of rotatable bonds is 6. The highest BCUT2D eigenvalue weighted by molar-refractivity contribution is 5.73. The number of para-hydroxylation sites is 1. The molecule has 1 aromatic carbocycles. The van der Waals surface area contributed by atoms with Crippen molar-refractivity contribution in [2.75, 3.05) is 27.2 Å². The SMILES string of the molecule is CN(C)[C@@H](CNC(=O)NC[C@H]1Cc2ccccc2O1)c1ccco1. The molecule has 0 saturated carbocycles. The van der Waals surface area contributed by atoms with Gasteiger partial charge in [-0.15, -0.1) is 0 Å². The van der Waals surface area contributed by atoms with Crippen molar-refractivity contribution in [2.24, 2.45) is 0 Å². The van der Waals surface area contributed by atoms with Crippen LogP contribution < -0.4 is 15.4 Å². The van der Waals surface area contributed by atoms with Crippen LogP contribution in [-0.2, 0) is 6.42 Å². The predicted octanol–water partition coefficient (Wildman–Crippen LogP) is 2.19. The number of ether oxygens (including phenoxy) is 1. The van der Waals surface area contributed by atoms with E-state index in [1.54, 1.807) is 6.26 Å². The molecular weight excluding hydrogens is 306 g/mol. The third-order valence-corrected chi connectivity index (χ3v) is 4.16. The molecule has 0 saturated heterocycles. The number of nitrogens with zero attached hydrogens (tertiary/aromatic N) is 1. The van der Waals surface area contributed by atoms with Crippen molar-refractivity contribution in [3.05, 3.63) is 54.0 Å². The zero-order valence-electron chi connectivity index (χ0n) is 14.0. The second kappa shape index (κ2) is 7.40. The fraction of sp³-hybridized carbons (Fsp3) is 0.389. The van der Waals surface area contributed by atoms with Crippen molar-refractivity contribution in [3.63, 3.8) is 0 Å². The van der Waals surface area contributed by atoms with E-state index < -0.39 is 0 Å². The Morgan fingerprint density at radius 1 is 1.25 bits per heavy atom. The second-order valence-electron chi connectivity index (χ2n) is 6.14. The summed E-state index contributed by atoms with van der Waals surface area (Å²) in [6.45, 7) is 0.950. The van der Waals surface area contributed by atoms with E-state index >= 15 is 0 Å². The van der Waals surface area contributed by atoms with Gasteiger partial charge in [-0.05, 0) is 37.9 Å². The summed E-state index contributed by atoms with van der Waals surface area (Å²) in [5, 5.41) is 5.77. The van der Waals surface area contributed by atoms with E-state index in [1.165, 1.54) is 5.56 Å². The molecule has 24 heavy (non-hydrogen) atoms. The second-order valence-corrected chi connectivity index (χ2v) is 6.14. The van der Waals surface area contributed by atoms with E-state index in [0.29, 0.717) is 13.1 Å². The standard InChI is InChI=1S/C18H23N3O3/c1-21(2)15(17-8-5-9-23-17)12-20-18(22)19-11-14-10-13-6-3-4-7-16(13)24-14/h3-9,14-15H,10-12H2,1-2H3,(H2,19,20,22)/t14-,15+/m1/s1. The van der Waals surface area contributed by atoms with Gasteiger partial charge < -0.3 is 19.8 Å². The van der Waals surface area contributed by atoms with Crippen molar-refractivity contribution in [1.29, 1.82) is 0 Å². The molecule has 0 spiro atoms. The molecule has 0 unspecified atom stereocenters. The van der Waals surface area contributed by atoms with Crippen LogP contribution in [0.3, 0.4) is 0 Å². The first kappa shape index (κ1) is 16.4. The van der Waals surface area contributed by atoms with Gasteiger partial charge in [0.1, 0.15) is 17.6 Å². The molecule has 1 aromatic heterocycles. The molecule has 6 heteroatoms. The summed E-state index contributed by atoms with van der Waals surface area (Å²) in [5.41, 5.74) is 1.19. The van der Waals surface area contributed by atoms with E-state index in [4.69, 9.17) is 9.15 Å². The van der Waals surface area contributed by atoms with Gasteiger partial charge in [0.25, 0.3) is 0 Å². The van der Waals surface area contributed by atoms with E-state index in [0.717, 1.165) is 17.9 Å². The van der Waals surface area contributed by atoms with Crippen LogP contribution in [0.1, 0.15) is 17.4 Å². The Bertz CT molecular complexity index is 645. The summed E-state index contributed by atoms with van der Waals surface area (Å²) >= 11 is 0. The van der Waals surface area contributed by atoms with E-state index in [1.807, 2.05) is 49.3 Å². The zero-order chi connectivity index (χ0) is 16.9. The average molecular weight is 329 g/mol. The molecule has 0 bridgehead atoms. The maximum Gasteiger partial charge on any atom is 0.314 e. The quantitative estimate of drug-likeness (QED) is 0.852. The molecule has 0 fully saturated rings. The largest absolute Gasteiger partial charge is 0.488 e. The van der Waals surface area contributed by atoms with Crippen LogP contribution in [0.4, 0.5) is 4.79 Å². The molecule has 1 aliphatic heterocycles. The van der Waals surface area contributed by atoms with Gasteiger partial charge in [0, 0.05) is 13.0 Å². The lowest BCUT2D eigenvalue weighted by molar-refractivity contribution is 0.208. The minimum atomic E-state index is -0.201. The van der Waals surface area contributed by atoms with Crippen molar-refractivity contribution >= 4 is 6.03 Å². The molecule has 0 radical (unpaired) electrons. The molecule has 2 atom stereocenters. The van der Waals surface area contributed by atoms with Gasteiger partial charge >= 0.3 is 6.03 Å². The number of hydrogen-bond donors (Lipinski definition) is 2. The lowest BCUT2D eigenvalue weighted by Gasteiger charge is -2.22. The lowest BCUT2D eigenvalue weighted by atomic mass is 10.1. The first-order chi connectivity index (χ1) is 11.6. The molecule has 6 nitrogen and oxygen atoms in total. The summed E-state index contributed by atoms with van der Waals surface area (Å²) < 4.78 is 11.2. The fourth-order valence-corrected chi connectivity index (χ4v) is 2.84. The Labute approximate surface area is 141 Å². The number of benzene rings is 1. The van der Waals surface area contributed by atoms with E-state index in [9.17, 15) is 4.79 Å². The highest BCUT2D eigenvalue weighted by atomic mass is 16.5. The fourth-order valence-electron chi connectivity index (χ4n) is 2.84. The van der Waals surface area contributed by atoms with Crippen LogP contribution >= 0.6 is 0 Å². The maximum absolute atomic E-state index is 12.0. The molecule has 1 aliphatic rings. The predicted molar refractivity (Wildman–Crippen MR) is 91.1 cm³/mol. The molecule has 0 aliphatic carbocycles. The van der Waals surface area contributed by atoms with Crippen molar-refractivity contribution in [2.45, 2.75) is 18.6 Å². The Morgan fingerprint density at radius 3 is 2.79 bits per heavy atom. The van der Waals surface area contributed by atoms with Crippen LogP contribution in [0, 0.1) is 0 Å². The number of carbonyl (C=O) groups excluding carboxylic acids is 1. The molecule has 2 amide bonds. The molecule has 2 N–H and O–H groups in total. The summed E-state index contributed by atoms with van der Waals surface area (Å²) in [4.78, 5) is 14.1. The van der Waals surface area contributed by atoms with Gasteiger partial charge in [-0.3, -0.25) is 4.90 Å². The highest BCUT2D eigenvalue weighted by Crippen LogP contribution is 2.27. The number of carbonyl (C=O) groups is 1. The molecule has 2 aromatic rings. The van der Waals surface area contributed by atoms with Crippen LogP contribution in [-0.4, -0.2) is 44.2 Å². The van der Waals surface area contributed by atoms with Gasteiger partial charge in [0.15, 0.2) is 0 Å². The monoisotopic (exact) mass is 329 g/mol. The minimum absolute atomic E-state index is 0.00210. The van der Waals surface area contributed by atoms with Crippen molar-refractivity contribution in [3.8, 4) is 5.75 Å². The Kier molecular flexibility index (Phi) is 5.05. The number of amides is 2. The third kappa shape index (κ3) is 3.89. The van der Waals surface area contributed by atoms with Crippen molar-refractivity contribution in [1.82, 2.24) is 15.5 Å². The smallest absolute Gasteiger partial charge is 0.314 e. The Morgan fingerprint density at radius 2 is 2.08 bits per heavy atom. The van der Waals surface area contributed by atoms with Crippen LogP contribution in [0.5, 0.6) is 5.75 Å². The summed E-state index contributed by atoms with van der Waals surface area (Å²) in [7, 11) is 3.91. The summed E-state index contributed by atoms with van der Waals surface area (Å²) in [5.74, 6) is 1.74. The van der Waals surface area contributed by atoms with Crippen LogP contribution in [0.25, 0.3) is 0 Å². The van der Waals surface area contributed by atoms with Gasteiger partial charge in [0.2, 0.25) is 0 Å². The number of hydrogen-bond acceptors (Lipinski definition) is 4. The Hall–Kier alpha value is -2.47. The minimum Gasteiger partial charge on any atom is -0.488 e. The lowest BCUT2D eigenvalue weighted by Crippen LogP contribution is -2.43. The molecule has 128 valence electrons. The summed E-state index contributed by atoms with van der Waals surface area (Å²) in [6.07, 6.45) is 2.45. The van der Waals surface area contributed by atoms with E-state index in [-0.39, 0.29) is 18.2 Å². The normalized spacial score (nSPS) is 17.2. The highest BCUT2D eigenvalue weighted by Gasteiger charge is 2.23. The number of urea groups is 1. The van der Waals surface area contributed by atoms with Crippen LogP contribution in [0.2, 0.25) is 0 Å². The van der Waals surface area contributed by atoms with Gasteiger partial charge in [0.05, 0.1) is 18.8 Å². The number of nitrogens with one attached hydrogen (secondary N) is 2. The Balaban J connectivity index is 1.43. The molecule has 2 heterocycles.